The Labute approximate surface area is 117 Å². The summed E-state index contributed by atoms with van der Waals surface area (Å²) in [6.07, 6.45) is -13.7. The Balaban J connectivity index is 2.71. The summed E-state index contributed by atoms with van der Waals surface area (Å²) in [5.74, 6) is -0.0679. The molecule has 0 unspecified atom stereocenters. The average molecular weight is 319 g/mol. The molecule has 0 spiro atoms. The number of rotatable bonds is 6. The van der Waals surface area contributed by atoms with Gasteiger partial charge in [0.05, 0.1) is 6.26 Å². The van der Waals surface area contributed by atoms with Gasteiger partial charge >= 0.3 is 12.4 Å². The standard InChI is InChI=1S/C12H15F6NO2/c1-7(2)19-5-8-3-4-20-9(8)6-21-10(11(13,14)15)12(16,17)18/h3-4,7,10,19H,5-6H2,1-2H3. The van der Waals surface area contributed by atoms with Crippen molar-refractivity contribution < 1.29 is 35.5 Å². The predicted octanol–water partition coefficient (Wildman–Crippen LogP) is 3.79. The largest absolute Gasteiger partial charge is 0.467 e. The lowest BCUT2D eigenvalue weighted by Crippen LogP contribution is -2.44. The number of hydrogen-bond donors (Lipinski definition) is 1. The maximum Gasteiger partial charge on any atom is 0.423 e. The third-order valence-corrected chi connectivity index (χ3v) is 2.51. The molecule has 0 aliphatic heterocycles. The summed E-state index contributed by atoms with van der Waals surface area (Å²) in [5.41, 5.74) is 0.451. The summed E-state index contributed by atoms with van der Waals surface area (Å²) < 4.78 is 82.7. The van der Waals surface area contributed by atoms with E-state index < -0.39 is 25.1 Å². The van der Waals surface area contributed by atoms with Crippen molar-refractivity contribution >= 4 is 0 Å². The molecule has 1 N–H and O–H groups in total. The van der Waals surface area contributed by atoms with Crippen LogP contribution in [-0.4, -0.2) is 24.5 Å². The van der Waals surface area contributed by atoms with Crippen molar-refractivity contribution in [2.45, 2.75) is 51.5 Å². The lowest BCUT2D eigenvalue weighted by atomic mass is 10.2. The van der Waals surface area contributed by atoms with E-state index in [2.05, 4.69) is 10.1 Å². The van der Waals surface area contributed by atoms with E-state index in [0.717, 1.165) is 0 Å². The van der Waals surface area contributed by atoms with Gasteiger partial charge in [0.15, 0.2) is 0 Å². The highest BCUT2D eigenvalue weighted by Gasteiger charge is 2.58. The Hall–Kier alpha value is -1.22. The second-order valence-corrected chi connectivity index (χ2v) is 4.68. The number of halogens is 6. The molecule has 0 fully saturated rings. The Morgan fingerprint density at radius 3 is 2.19 bits per heavy atom. The van der Waals surface area contributed by atoms with Crippen LogP contribution >= 0.6 is 0 Å². The van der Waals surface area contributed by atoms with Crippen molar-refractivity contribution in [2.75, 3.05) is 0 Å². The van der Waals surface area contributed by atoms with Crippen LogP contribution in [-0.2, 0) is 17.9 Å². The second-order valence-electron chi connectivity index (χ2n) is 4.68. The van der Waals surface area contributed by atoms with Crippen LogP contribution in [0, 0.1) is 0 Å². The molecule has 0 aromatic carbocycles. The van der Waals surface area contributed by atoms with Crippen molar-refractivity contribution in [1.82, 2.24) is 5.32 Å². The van der Waals surface area contributed by atoms with Gasteiger partial charge in [0.2, 0.25) is 6.10 Å². The third kappa shape index (κ3) is 5.58. The van der Waals surface area contributed by atoms with Crippen LogP contribution in [0.2, 0.25) is 0 Å². The van der Waals surface area contributed by atoms with E-state index in [9.17, 15) is 26.3 Å². The fraction of sp³-hybridized carbons (Fsp3) is 0.667. The molecule has 0 radical (unpaired) electrons. The molecular weight excluding hydrogens is 304 g/mol. The predicted molar refractivity (Wildman–Crippen MR) is 61.4 cm³/mol. The van der Waals surface area contributed by atoms with Crippen molar-refractivity contribution in [2.24, 2.45) is 0 Å². The normalized spacial score (nSPS) is 13.4. The smallest absolute Gasteiger partial charge is 0.423 e. The van der Waals surface area contributed by atoms with E-state index in [0.29, 0.717) is 5.56 Å². The van der Waals surface area contributed by atoms with Gasteiger partial charge in [0, 0.05) is 18.2 Å². The highest BCUT2D eigenvalue weighted by molar-refractivity contribution is 5.16. The first-order chi connectivity index (χ1) is 9.51. The minimum Gasteiger partial charge on any atom is -0.467 e. The fourth-order valence-corrected chi connectivity index (χ4v) is 1.50. The molecule has 0 atom stereocenters. The van der Waals surface area contributed by atoms with E-state index in [4.69, 9.17) is 4.42 Å². The average Bonchev–Trinajstić information content (AvgIpc) is 2.70. The molecule has 1 aromatic rings. The van der Waals surface area contributed by atoms with E-state index in [-0.39, 0.29) is 18.3 Å². The SMILES string of the molecule is CC(C)NCc1ccoc1COC(C(F)(F)F)C(F)(F)F. The zero-order chi connectivity index (χ0) is 16.3. The van der Waals surface area contributed by atoms with Gasteiger partial charge in [-0.2, -0.15) is 26.3 Å². The molecule has 0 aliphatic carbocycles. The van der Waals surface area contributed by atoms with Crippen molar-refractivity contribution in [1.29, 1.82) is 0 Å². The summed E-state index contributed by atoms with van der Waals surface area (Å²) in [5, 5.41) is 2.98. The van der Waals surface area contributed by atoms with Crippen molar-refractivity contribution in [3.8, 4) is 0 Å². The lowest BCUT2D eigenvalue weighted by molar-refractivity contribution is -0.325. The number of hydrogen-bond acceptors (Lipinski definition) is 3. The fourth-order valence-electron chi connectivity index (χ4n) is 1.50. The quantitative estimate of drug-likeness (QED) is 0.810. The Morgan fingerprint density at radius 1 is 1.14 bits per heavy atom. The van der Waals surface area contributed by atoms with E-state index >= 15 is 0 Å². The molecule has 0 aliphatic rings. The monoisotopic (exact) mass is 319 g/mol. The highest BCUT2D eigenvalue weighted by Crippen LogP contribution is 2.36. The molecular formula is C12H15F6NO2. The molecule has 0 saturated heterocycles. The molecule has 122 valence electrons. The topological polar surface area (TPSA) is 34.4 Å². The van der Waals surface area contributed by atoms with Gasteiger partial charge in [-0.15, -0.1) is 0 Å². The molecule has 0 bridgehead atoms. The minimum atomic E-state index is -5.53. The first kappa shape index (κ1) is 17.8. The van der Waals surface area contributed by atoms with Gasteiger partial charge in [-0.1, -0.05) is 13.8 Å². The first-order valence-corrected chi connectivity index (χ1v) is 6.05. The van der Waals surface area contributed by atoms with E-state index in [1.165, 1.54) is 12.3 Å². The maximum absolute atomic E-state index is 12.3. The molecule has 1 heterocycles. The van der Waals surface area contributed by atoms with Crippen LogP contribution in [0.4, 0.5) is 26.3 Å². The summed E-state index contributed by atoms with van der Waals surface area (Å²) in [6.45, 7) is 3.04. The van der Waals surface area contributed by atoms with Crippen LogP contribution < -0.4 is 5.32 Å². The van der Waals surface area contributed by atoms with Crippen LogP contribution in [0.1, 0.15) is 25.2 Å². The summed E-state index contributed by atoms with van der Waals surface area (Å²) in [4.78, 5) is 0. The molecule has 21 heavy (non-hydrogen) atoms. The van der Waals surface area contributed by atoms with Gasteiger partial charge in [0.25, 0.3) is 0 Å². The second kappa shape index (κ2) is 6.69. The molecule has 9 heteroatoms. The Morgan fingerprint density at radius 2 is 1.71 bits per heavy atom. The van der Waals surface area contributed by atoms with E-state index in [1.54, 1.807) is 0 Å². The van der Waals surface area contributed by atoms with E-state index in [1.807, 2.05) is 13.8 Å². The molecule has 0 saturated carbocycles. The van der Waals surface area contributed by atoms with Crippen molar-refractivity contribution in [3.63, 3.8) is 0 Å². The maximum atomic E-state index is 12.3. The zero-order valence-electron chi connectivity index (χ0n) is 11.3. The summed E-state index contributed by atoms with van der Waals surface area (Å²) in [7, 11) is 0. The van der Waals surface area contributed by atoms with Gasteiger partial charge < -0.3 is 14.5 Å². The first-order valence-electron chi connectivity index (χ1n) is 6.05. The molecule has 1 rings (SSSR count). The van der Waals surface area contributed by atoms with Gasteiger partial charge in [-0.05, 0) is 6.07 Å². The Kier molecular flexibility index (Phi) is 5.68. The lowest BCUT2D eigenvalue weighted by Gasteiger charge is -2.22. The van der Waals surface area contributed by atoms with Gasteiger partial charge in [0.1, 0.15) is 12.4 Å². The van der Waals surface area contributed by atoms with Gasteiger partial charge in [-0.25, -0.2) is 0 Å². The molecule has 0 amide bonds. The minimum absolute atomic E-state index is 0.0679. The number of ether oxygens (including phenoxy) is 1. The van der Waals surface area contributed by atoms with Crippen LogP contribution in [0.25, 0.3) is 0 Å². The number of alkyl halides is 6. The van der Waals surface area contributed by atoms with Crippen LogP contribution in [0.3, 0.4) is 0 Å². The van der Waals surface area contributed by atoms with Crippen LogP contribution in [0.15, 0.2) is 16.7 Å². The van der Waals surface area contributed by atoms with Crippen LogP contribution in [0.5, 0.6) is 0 Å². The molecule has 3 nitrogen and oxygen atoms in total. The molecule has 1 aromatic heterocycles. The zero-order valence-corrected chi connectivity index (χ0v) is 11.3. The Bertz CT molecular complexity index is 424. The summed E-state index contributed by atoms with van der Waals surface area (Å²) in [6, 6.07) is 1.57. The van der Waals surface area contributed by atoms with Gasteiger partial charge in [-0.3, -0.25) is 0 Å². The number of furan rings is 1. The summed E-state index contributed by atoms with van der Waals surface area (Å²) >= 11 is 0. The van der Waals surface area contributed by atoms with Crippen molar-refractivity contribution in [3.05, 3.63) is 23.7 Å². The number of nitrogens with one attached hydrogen (secondary N) is 1. The third-order valence-electron chi connectivity index (χ3n) is 2.51. The highest BCUT2D eigenvalue weighted by atomic mass is 19.4.